The Bertz CT molecular complexity index is 3030. The monoisotopic (exact) mass is 726 g/mol. The molecule has 0 bridgehead atoms. The topological polar surface area (TPSA) is 8.17 Å². The molecular weight excluding hydrogens is 689 g/mol. The highest BCUT2D eigenvalue weighted by molar-refractivity contribution is 6.10. The van der Waals surface area contributed by atoms with Gasteiger partial charge in [0.25, 0.3) is 0 Å². The normalized spacial score (nSPS) is 13.7. The van der Waals surface area contributed by atoms with E-state index in [0.29, 0.717) is 0 Å². The van der Waals surface area contributed by atoms with Crippen LogP contribution in [-0.2, 0) is 5.41 Å². The Balaban J connectivity index is 1.12. The zero-order valence-corrected chi connectivity index (χ0v) is 31.4. The molecule has 2 aliphatic rings. The minimum absolute atomic E-state index is 0.558. The van der Waals surface area contributed by atoms with Gasteiger partial charge in [0.2, 0.25) is 0 Å². The Kier molecular flexibility index (Phi) is 7.58. The van der Waals surface area contributed by atoms with Crippen molar-refractivity contribution in [2.75, 3.05) is 4.90 Å². The fourth-order valence-electron chi connectivity index (χ4n) is 9.70. The van der Waals surface area contributed by atoms with Crippen molar-refractivity contribution < 1.29 is 0 Å². The minimum atomic E-state index is -0.558. The van der Waals surface area contributed by atoms with E-state index in [4.69, 9.17) is 0 Å². The maximum Gasteiger partial charge on any atom is 0.0881 e. The van der Waals surface area contributed by atoms with Crippen molar-refractivity contribution in [3.63, 3.8) is 0 Å². The molecule has 268 valence electrons. The van der Waals surface area contributed by atoms with E-state index in [9.17, 15) is 0 Å². The van der Waals surface area contributed by atoms with Crippen LogP contribution in [0.4, 0.5) is 11.4 Å². The quantitative estimate of drug-likeness (QED) is 0.148. The first-order valence-corrected chi connectivity index (χ1v) is 19.6. The maximum absolute atomic E-state index is 4.09. The molecule has 0 atom stereocenters. The van der Waals surface area contributed by atoms with Crippen LogP contribution in [0.5, 0.6) is 0 Å². The fraction of sp³-hybridized carbons (Fsp3) is 0.0182. The van der Waals surface area contributed by atoms with E-state index in [2.05, 4.69) is 228 Å². The average molecular weight is 727 g/mol. The molecule has 0 saturated heterocycles. The number of hydrogen-bond donors (Lipinski definition) is 0. The van der Waals surface area contributed by atoms with Gasteiger partial charge in [-0.25, -0.2) is 0 Å². The van der Waals surface area contributed by atoms with Gasteiger partial charge in [-0.3, -0.25) is 0 Å². The predicted octanol–water partition coefficient (Wildman–Crippen LogP) is 14.1. The predicted molar refractivity (Wildman–Crippen MR) is 239 cm³/mol. The van der Waals surface area contributed by atoms with Crippen molar-refractivity contribution in [1.82, 2.24) is 4.57 Å². The summed E-state index contributed by atoms with van der Waals surface area (Å²) in [5.74, 6) is 0. The second kappa shape index (κ2) is 13.1. The average Bonchev–Trinajstić information content (AvgIpc) is 3.88. The zero-order chi connectivity index (χ0) is 37.9. The van der Waals surface area contributed by atoms with Crippen molar-refractivity contribution in [2.24, 2.45) is 0 Å². The Morgan fingerprint density at radius 1 is 0.456 bits per heavy atom. The first-order valence-electron chi connectivity index (χ1n) is 19.6. The fourth-order valence-corrected chi connectivity index (χ4v) is 9.70. The third kappa shape index (κ3) is 4.84. The van der Waals surface area contributed by atoms with Gasteiger partial charge in [-0.2, -0.15) is 0 Å². The Morgan fingerprint density at radius 3 is 1.67 bits per heavy atom. The van der Waals surface area contributed by atoms with Crippen molar-refractivity contribution in [3.05, 3.63) is 253 Å². The number of aromatic nitrogens is 1. The van der Waals surface area contributed by atoms with Gasteiger partial charge in [0, 0.05) is 33.4 Å². The highest BCUT2D eigenvalue weighted by Gasteiger charge is 2.54. The number of para-hydroxylation sites is 3. The van der Waals surface area contributed by atoms with Crippen LogP contribution in [-0.4, -0.2) is 4.57 Å². The third-order valence-electron chi connectivity index (χ3n) is 12.0. The van der Waals surface area contributed by atoms with Crippen molar-refractivity contribution in [3.8, 4) is 27.9 Å². The maximum atomic E-state index is 4.09. The molecule has 1 heterocycles. The molecule has 1 aromatic heterocycles. The molecule has 1 spiro atoms. The molecule has 2 nitrogen and oxygen atoms in total. The zero-order valence-electron chi connectivity index (χ0n) is 31.4. The van der Waals surface area contributed by atoms with Crippen LogP contribution >= 0.6 is 0 Å². The molecule has 0 fully saturated rings. The summed E-state index contributed by atoms with van der Waals surface area (Å²) in [7, 11) is 0. The molecule has 2 heteroatoms. The number of allylic oxidation sites excluding steroid dienone is 5. The van der Waals surface area contributed by atoms with Gasteiger partial charge in [-0.1, -0.05) is 170 Å². The van der Waals surface area contributed by atoms with Crippen LogP contribution in [0.3, 0.4) is 0 Å². The molecule has 0 saturated carbocycles. The number of anilines is 2. The van der Waals surface area contributed by atoms with Crippen molar-refractivity contribution in [2.45, 2.75) is 5.41 Å². The molecule has 0 N–H and O–H groups in total. The van der Waals surface area contributed by atoms with E-state index < -0.39 is 5.41 Å². The van der Waals surface area contributed by atoms with E-state index in [0.717, 1.165) is 17.1 Å². The van der Waals surface area contributed by atoms with Crippen LogP contribution in [0.15, 0.2) is 231 Å². The van der Waals surface area contributed by atoms with E-state index in [1.165, 1.54) is 77.6 Å². The van der Waals surface area contributed by atoms with Crippen LogP contribution in [0.1, 0.15) is 22.3 Å². The second-order valence-electron chi connectivity index (χ2n) is 14.9. The SMILES string of the molecule is C=C/C=C\C1=C(N(c2ccccc2)c2ccc(-c3ccc4c(c3)c3ccccc3n4-c3ccccc3)cc2)C2(c3ccccc31)c1ccccc1-c1ccccc12. The lowest BCUT2D eigenvalue weighted by molar-refractivity contribution is 0.745. The van der Waals surface area contributed by atoms with Crippen LogP contribution in [0, 0.1) is 0 Å². The molecule has 0 radical (unpaired) electrons. The number of hydrogen-bond acceptors (Lipinski definition) is 1. The molecule has 2 aliphatic carbocycles. The molecule has 0 amide bonds. The summed E-state index contributed by atoms with van der Waals surface area (Å²) in [6.45, 7) is 4.09. The summed E-state index contributed by atoms with van der Waals surface area (Å²) >= 11 is 0. The highest BCUT2D eigenvalue weighted by Crippen LogP contribution is 2.63. The third-order valence-corrected chi connectivity index (χ3v) is 12.0. The Morgan fingerprint density at radius 2 is 0.982 bits per heavy atom. The first kappa shape index (κ1) is 33.0. The van der Waals surface area contributed by atoms with Crippen LogP contribution < -0.4 is 4.90 Å². The molecule has 0 unspecified atom stereocenters. The lowest BCUT2D eigenvalue weighted by Gasteiger charge is -2.39. The number of benzene rings is 8. The van der Waals surface area contributed by atoms with Gasteiger partial charge in [-0.15, -0.1) is 0 Å². The first-order chi connectivity index (χ1) is 28.3. The molecule has 8 aromatic carbocycles. The van der Waals surface area contributed by atoms with E-state index in [1.54, 1.807) is 0 Å². The Labute approximate surface area is 333 Å². The van der Waals surface area contributed by atoms with Gasteiger partial charge in [0.1, 0.15) is 0 Å². The van der Waals surface area contributed by atoms with Crippen LogP contribution in [0.25, 0.3) is 55.3 Å². The summed E-state index contributed by atoms with van der Waals surface area (Å²) in [5, 5.41) is 2.50. The van der Waals surface area contributed by atoms with Gasteiger partial charge in [0.15, 0.2) is 0 Å². The smallest absolute Gasteiger partial charge is 0.0881 e. The number of rotatable bonds is 7. The largest absolute Gasteiger partial charge is 0.312 e. The minimum Gasteiger partial charge on any atom is -0.312 e. The van der Waals surface area contributed by atoms with E-state index in [1.807, 2.05) is 6.08 Å². The van der Waals surface area contributed by atoms with Gasteiger partial charge >= 0.3 is 0 Å². The van der Waals surface area contributed by atoms with E-state index >= 15 is 0 Å². The number of nitrogens with zero attached hydrogens (tertiary/aromatic N) is 2. The summed E-state index contributed by atoms with van der Waals surface area (Å²) < 4.78 is 2.37. The number of fused-ring (bicyclic) bond motifs is 10. The molecule has 57 heavy (non-hydrogen) atoms. The summed E-state index contributed by atoms with van der Waals surface area (Å²) in [6, 6.07) is 73.2. The summed E-state index contributed by atoms with van der Waals surface area (Å²) in [4.78, 5) is 2.50. The lowest BCUT2D eigenvalue weighted by atomic mass is 9.71. The second-order valence-corrected chi connectivity index (χ2v) is 14.9. The van der Waals surface area contributed by atoms with Gasteiger partial charge in [0.05, 0.1) is 22.1 Å². The molecule has 11 rings (SSSR count). The van der Waals surface area contributed by atoms with Crippen molar-refractivity contribution >= 4 is 38.8 Å². The summed E-state index contributed by atoms with van der Waals surface area (Å²) in [6.07, 6.45) is 6.21. The lowest BCUT2D eigenvalue weighted by Crippen LogP contribution is -2.35. The highest BCUT2D eigenvalue weighted by atomic mass is 15.2. The molecule has 0 aliphatic heterocycles. The molecular formula is C55H38N2. The van der Waals surface area contributed by atoms with E-state index in [-0.39, 0.29) is 0 Å². The Hall–Kier alpha value is -7.42. The van der Waals surface area contributed by atoms with Crippen LogP contribution in [0.2, 0.25) is 0 Å². The standard InChI is InChI=1S/C55H38N2/c1-2-3-22-47-45-25-12-16-29-51(45)55(49-27-14-10-23-43(49)44-24-11-15-28-50(44)55)54(47)56(40-18-6-4-7-19-40)42-34-31-38(32-35-42)39-33-36-53-48(37-39)46-26-13-17-30-52(46)57(53)41-20-8-5-9-21-41/h2-37H,1H2/b22-3-. The van der Waals surface area contributed by atoms with Gasteiger partial charge < -0.3 is 9.47 Å². The summed E-state index contributed by atoms with van der Waals surface area (Å²) in [5.41, 5.74) is 17.7. The van der Waals surface area contributed by atoms with Gasteiger partial charge in [-0.05, 0) is 99.1 Å². The molecule has 9 aromatic rings. The van der Waals surface area contributed by atoms with Crippen molar-refractivity contribution in [1.29, 1.82) is 0 Å².